The standard InChI is InChI=1S/C35H22N2/c1-2-8-26-21-27(18-17-23(26)7-1)24-13-15-25(16-14-24)28-19-20-30-31(22-28)29-9-3-5-11-33(29)37-34-12-6-4-10-32(34)36-35(30)37/h1-22H. The first-order valence-corrected chi connectivity index (χ1v) is 12.6. The molecule has 6 aromatic carbocycles. The Labute approximate surface area is 214 Å². The molecule has 2 heterocycles. The van der Waals surface area contributed by atoms with Crippen LogP contribution in [0.4, 0.5) is 0 Å². The molecule has 0 N–H and O–H groups in total. The van der Waals surface area contributed by atoms with Crippen LogP contribution in [0.2, 0.25) is 0 Å². The molecule has 0 aliphatic carbocycles. The predicted molar refractivity (Wildman–Crippen MR) is 156 cm³/mol. The third-order valence-electron chi connectivity index (χ3n) is 7.56. The summed E-state index contributed by atoms with van der Waals surface area (Å²) in [5.41, 5.74) is 9.25. The van der Waals surface area contributed by atoms with Crippen molar-refractivity contribution < 1.29 is 0 Å². The van der Waals surface area contributed by atoms with Crippen molar-refractivity contribution in [1.82, 2.24) is 9.38 Å². The van der Waals surface area contributed by atoms with E-state index in [1.807, 2.05) is 0 Å². The van der Waals surface area contributed by atoms with Gasteiger partial charge in [-0.2, -0.15) is 0 Å². The van der Waals surface area contributed by atoms with Crippen molar-refractivity contribution in [3.8, 4) is 22.3 Å². The summed E-state index contributed by atoms with van der Waals surface area (Å²) < 4.78 is 2.30. The topological polar surface area (TPSA) is 17.3 Å². The van der Waals surface area contributed by atoms with Gasteiger partial charge in [-0.1, -0.05) is 97.1 Å². The zero-order valence-corrected chi connectivity index (χ0v) is 20.1. The van der Waals surface area contributed by atoms with E-state index in [9.17, 15) is 0 Å². The minimum absolute atomic E-state index is 1.01. The van der Waals surface area contributed by atoms with Crippen molar-refractivity contribution in [2.24, 2.45) is 0 Å². The van der Waals surface area contributed by atoms with E-state index in [1.165, 1.54) is 54.7 Å². The van der Waals surface area contributed by atoms with Crippen LogP contribution in [0, 0.1) is 0 Å². The summed E-state index contributed by atoms with van der Waals surface area (Å²) in [6.07, 6.45) is 0. The third-order valence-corrected chi connectivity index (χ3v) is 7.56. The number of nitrogens with zero attached hydrogens (tertiary/aromatic N) is 2. The lowest BCUT2D eigenvalue weighted by Crippen LogP contribution is -1.91. The summed E-state index contributed by atoms with van der Waals surface area (Å²) in [4.78, 5) is 5.03. The first kappa shape index (κ1) is 20.3. The molecule has 0 amide bonds. The molecule has 0 radical (unpaired) electrons. The van der Waals surface area contributed by atoms with E-state index in [0.29, 0.717) is 0 Å². The van der Waals surface area contributed by atoms with Crippen molar-refractivity contribution in [3.63, 3.8) is 0 Å². The Hall–Kier alpha value is -4.95. The second kappa shape index (κ2) is 7.78. The zero-order chi connectivity index (χ0) is 24.3. The van der Waals surface area contributed by atoms with Gasteiger partial charge in [-0.25, -0.2) is 4.98 Å². The molecular weight excluding hydrogens is 448 g/mol. The molecule has 2 nitrogen and oxygen atoms in total. The summed E-state index contributed by atoms with van der Waals surface area (Å²) in [6.45, 7) is 0. The molecule has 172 valence electrons. The molecule has 0 saturated heterocycles. The Morgan fingerprint density at radius 1 is 0.405 bits per heavy atom. The van der Waals surface area contributed by atoms with Gasteiger partial charge in [-0.15, -0.1) is 0 Å². The summed E-state index contributed by atoms with van der Waals surface area (Å²) in [5, 5.41) is 6.18. The highest BCUT2D eigenvalue weighted by molar-refractivity contribution is 6.14. The monoisotopic (exact) mass is 470 g/mol. The molecule has 0 aliphatic rings. The number of para-hydroxylation sites is 3. The molecule has 37 heavy (non-hydrogen) atoms. The van der Waals surface area contributed by atoms with Crippen LogP contribution < -0.4 is 0 Å². The van der Waals surface area contributed by atoms with Crippen molar-refractivity contribution in [2.45, 2.75) is 0 Å². The van der Waals surface area contributed by atoms with E-state index in [-0.39, 0.29) is 0 Å². The number of rotatable bonds is 2. The number of fused-ring (bicyclic) bond motifs is 9. The Morgan fingerprint density at radius 2 is 1.03 bits per heavy atom. The van der Waals surface area contributed by atoms with Crippen LogP contribution >= 0.6 is 0 Å². The minimum Gasteiger partial charge on any atom is -0.292 e. The smallest absolute Gasteiger partial charge is 0.146 e. The molecule has 0 aliphatic heterocycles. The fraction of sp³-hybridized carbons (Fsp3) is 0. The minimum atomic E-state index is 1.01. The van der Waals surface area contributed by atoms with Crippen LogP contribution in [-0.4, -0.2) is 9.38 Å². The molecule has 0 fully saturated rings. The highest BCUT2D eigenvalue weighted by atomic mass is 15.0. The van der Waals surface area contributed by atoms with Crippen LogP contribution in [0.3, 0.4) is 0 Å². The largest absolute Gasteiger partial charge is 0.292 e. The molecule has 0 bridgehead atoms. The maximum absolute atomic E-state index is 5.03. The van der Waals surface area contributed by atoms with E-state index in [4.69, 9.17) is 4.98 Å². The third kappa shape index (κ3) is 3.09. The highest BCUT2D eigenvalue weighted by Gasteiger charge is 2.14. The van der Waals surface area contributed by atoms with Crippen molar-refractivity contribution >= 4 is 49.1 Å². The van der Waals surface area contributed by atoms with E-state index in [2.05, 4.69) is 138 Å². The average Bonchev–Trinajstić information content (AvgIpc) is 3.37. The molecular formula is C35H22N2. The van der Waals surface area contributed by atoms with Crippen LogP contribution in [-0.2, 0) is 0 Å². The lowest BCUT2D eigenvalue weighted by molar-refractivity contribution is 1.31. The first-order valence-electron chi connectivity index (χ1n) is 12.6. The average molecular weight is 471 g/mol. The highest BCUT2D eigenvalue weighted by Crippen LogP contribution is 2.35. The Bertz CT molecular complexity index is 2130. The van der Waals surface area contributed by atoms with E-state index in [1.54, 1.807) is 0 Å². The van der Waals surface area contributed by atoms with Crippen LogP contribution in [0.1, 0.15) is 0 Å². The molecule has 8 aromatic rings. The fourth-order valence-corrected chi connectivity index (χ4v) is 5.71. The van der Waals surface area contributed by atoms with Gasteiger partial charge in [0.2, 0.25) is 0 Å². The van der Waals surface area contributed by atoms with E-state index < -0.39 is 0 Å². The number of pyridine rings is 1. The molecule has 0 saturated carbocycles. The van der Waals surface area contributed by atoms with Crippen molar-refractivity contribution in [1.29, 1.82) is 0 Å². The van der Waals surface area contributed by atoms with Gasteiger partial charge in [0.05, 0.1) is 16.6 Å². The Kier molecular flexibility index (Phi) is 4.26. The van der Waals surface area contributed by atoms with Crippen LogP contribution in [0.25, 0.3) is 71.4 Å². The van der Waals surface area contributed by atoms with Gasteiger partial charge < -0.3 is 0 Å². The molecule has 0 atom stereocenters. The number of hydrogen-bond acceptors (Lipinski definition) is 1. The van der Waals surface area contributed by atoms with Crippen LogP contribution in [0.15, 0.2) is 133 Å². The molecule has 8 rings (SSSR count). The second-order valence-corrected chi connectivity index (χ2v) is 9.68. The predicted octanol–water partition coefficient (Wildman–Crippen LogP) is 9.28. The van der Waals surface area contributed by atoms with Gasteiger partial charge in [0.25, 0.3) is 0 Å². The summed E-state index contributed by atoms with van der Waals surface area (Å²) in [7, 11) is 0. The summed E-state index contributed by atoms with van der Waals surface area (Å²) >= 11 is 0. The lowest BCUT2D eigenvalue weighted by atomic mass is 9.96. The van der Waals surface area contributed by atoms with Gasteiger partial charge in [0.15, 0.2) is 0 Å². The number of benzene rings is 6. The Balaban J connectivity index is 1.29. The van der Waals surface area contributed by atoms with Crippen LogP contribution in [0.5, 0.6) is 0 Å². The van der Waals surface area contributed by atoms with Gasteiger partial charge >= 0.3 is 0 Å². The molecule has 0 spiro atoms. The summed E-state index contributed by atoms with van der Waals surface area (Å²) in [5.74, 6) is 0. The number of hydrogen-bond donors (Lipinski definition) is 0. The maximum atomic E-state index is 5.03. The molecule has 2 aromatic heterocycles. The number of imidazole rings is 1. The first-order chi connectivity index (χ1) is 18.3. The number of aromatic nitrogens is 2. The quantitative estimate of drug-likeness (QED) is 0.230. The molecule has 2 heteroatoms. The Morgan fingerprint density at radius 3 is 1.86 bits per heavy atom. The van der Waals surface area contributed by atoms with Gasteiger partial charge in [0, 0.05) is 10.8 Å². The van der Waals surface area contributed by atoms with Gasteiger partial charge in [-0.3, -0.25) is 4.40 Å². The van der Waals surface area contributed by atoms with Gasteiger partial charge in [-0.05, 0) is 74.8 Å². The van der Waals surface area contributed by atoms with Crippen molar-refractivity contribution in [2.75, 3.05) is 0 Å². The van der Waals surface area contributed by atoms with E-state index >= 15 is 0 Å². The van der Waals surface area contributed by atoms with Crippen molar-refractivity contribution in [3.05, 3.63) is 133 Å². The lowest BCUT2D eigenvalue weighted by Gasteiger charge is -2.11. The zero-order valence-electron chi connectivity index (χ0n) is 20.1. The second-order valence-electron chi connectivity index (χ2n) is 9.68. The maximum Gasteiger partial charge on any atom is 0.146 e. The van der Waals surface area contributed by atoms with Gasteiger partial charge in [0.1, 0.15) is 5.65 Å². The summed E-state index contributed by atoms with van der Waals surface area (Å²) in [6, 6.07) is 47.9. The fourth-order valence-electron chi connectivity index (χ4n) is 5.71. The normalized spacial score (nSPS) is 11.8. The van der Waals surface area contributed by atoms with E-state index in [0.717, 1.165) is 16.7 Å². The SMILES string of the molecule is c1ccc2cc(-c3ccc(-c4ccc5c(c4)c4ccccc4n4c6ccccc6nc54)cc3)ccc2c1. The molecule has 0 unspecified atom stereocenters.